The second-order valence-corrected chi connectivity index (χ2v) is 6.63. The summed E-state index contributed by atoms with van der Waals surface area (Å²) in [5.74, 6) is -0.320. The van der Waals surface area contributed by atoms with Crippen molar-refractivity contribution in [3.05, 3.63) is 40.7 Å². The summed E-state index contributed by atoms with van der Waals surface area (Å²) < 4.78 is 23.1. The lowest BCUT2D eigenvalue weighted by Gasteiger charge is -2.24. The Morgan fingerprint density at radius 3 is 2.85 bits per heavy atom. The van der Waals surface area contributed by atoms with E-state index in [1.54, 1.807) is 11.8 Å². The quantitative estimate of drug-likeness (QED) is 0.864. The molecule has 2 aromatic rings. The van der Waals surface area contributed by atoms with Crippen LogP contribution in [0.1, 0.15) is 17.5 Å². The molecule has 9 heteroatoms. The summed E-state index contributed by atoms with van der Waals surface area (Å²) in [6, 6.07) is 5.43. The van der Waals surface area contributed by atoms with Crippen molar-refractivity contribution in [2.45, 2.75) is 19.9 Å². The highest BCUT2D eigenvalue weighted by Gasteiger charge is 2.25. The molecule has 0 fully saturated rings. The van der Waals surface area contributed by atoms with Gasteiger partial charge in [0.05, 0.1) is 18.8 Å². The summed E-state index contributed by atoms with van der Waals surface area (Å²) in [4.78, 5) is 30.8. The van der Waals surface area contributed by atoms with Crippen molar-refractivity contribution in [3.63, 3.8) is 0 Å². The third-order valence-electron chi connectivity index (χ3n) is 3.69. The number of nitrogens with zero attached hydrogens (tertiary/aromatic N) is 2. The fraction of sp³-hybridized carbons (Fsp3) is 0.353. The number of fused-ring (bicyclic) bond motifs is 1. The molecular formula is C17H18FN3O4S. The Kier molecular flexibility index (Phi) is 5.67. The molecule has 0 aliphatic carbocycles. The second-order valence-electron chi connectivity index (χ2n) is 5.55. The van der Waals surface area contributed by atoms with Crippen molar-refractivity contribution >= 4 is 28.5 Å². The highest BCUT2D eigenvalue weighted by atomic mass is 32.1. The zero-order valence-corrected chi connectivity index (χ0v) is 15.0. The summed E-state index contributed by atoms with van der Waals surface area (Å²) in [5.41, 5.74) is 0.880. The standard InChI is InChI=1S/C17H18FN3O4S/c1-2-24-17(23)21-8-7-13-14(9-21)26-16(19-13)20-15(22)10-25-12-5-3-11(18)4-6-12/h3-6H,2,7-10H2,1H3,(H,19,20,22). The molecule has 2 amide bonds. The highest BCUT2D eigenvalue weighted by Crippen LogP contribution is 2.28. The molecule has 0 atom stereocenters. The minimum Gasteiger partial charge on any atom is -0.484 e. The van der Waals surface area contributed by atoms with E-state index in [4.69, 9.17) is 9.47 Å². The minimum atomic E-state index is -0.368. The van der Waals surface area contributed by atoms with Crippen LogP contribution in [0.2, 0.25) is 0 Å². The molecule has 1 aliphatic rings. The van der Waals surface area contributed by atoms with Gasteiger partial charge in [0.2, 0.25) is 0 Å². The molecule has 7 nitrogen and oxygen atoms in total. The fourth-order valence-electron chi connectivity index (χ4n) is 2.45. The molecule has 2 heterocycles. The first-order valence-corrected chi connectivity index (χ1v) is 8.95. The Labute approximate surface area is 153 Å². The lowest BCUT2D eigenvalue weighted by Crippen LogP contribution is -2.35. The molecule has 0 saturated carbocycles. The van der Waals surface area contributed by atoms with Crippen molar-refractivity contribution in [2.75, 3.05) is 25.1 Å². The number of hydrogen-bond acceptors (Lipinski definition) is 6. The molecule has 0 bridgehead atoms. The van der Waals surface area contributed by atoms with E-state index in [-0.39, 0.29) is 24.4 Å². The Balaban J connectivity index is 1.54. The highest BCUT2D eigenvalue weighted by molar-refractivity contribution is 7.15. The Bertz CT molecular complexity index is 794. The number of carbonyl (C=O) groups excluding carboxylic acids is 2. The van der Waals surface area contributed by atoms with Crippen LogP contribution in [0, 0.1) is 5.82 Å². The molecule has 1 aromatic carbocycles. The zero-order chi connectivity index (χ0) is 18.5. The van der Waals surface area contributed by atoms with E-state index in [1.807, 2.05) is 0 Å². The first-order chi connectivity index (χ1) is 12.5. The molecule has 0 saturated heterocycles. The molecule has 1 N–H and O–H groups in total. The number of thiazole rings is 1. The van der Waals surface area contributed by atoms with E-state index in [1.165, 1.54) is 35.6 Å². The average molecular weight is 379 g/mol. The molecule has 1 aromatic heterocycles. The summed E-state index contributed by atoms with van der Waals surface area (Å²) >= 11 is 1.33. The van der Waals surface area contributed by atoms with Crippen molar-refractivity contribution in [3.8, 4) is 5.75 Å². The van der Waals surface area contributed by atoms with E-state index < -0.39 is 0 Å². The Morgan fingerprint density at radius 1 is 1.35 bits per heavy atom. The molecule has 0 unspecified atom stereocenters. The summed E-state index contributed by atoms with van der Waals surface area (Å²) in [6.45, 7) is 2.86. The van der Waals surface area contributed by atoms with Gasteiger partial charge < -0.3 is 14.4 Å². The largest absolute Gasteiger partial charge is 0.484 e. The number of aromatic nitrogens is 1. The van der Waals surface area contributed by atoms with Gasteiger partial charge in [-0.2, -0.15) is 0 Å². The summed E-state index contributed by atoms with van der Waals surface area (Å²) in [6.07, 6.45) is 0.275. The number of hydrogen-bond donors (Lipinski definition) is 1. The van der Waals surface area contributed by atoms with Crippen molar-refractivity contribution in [2.24, 2.45) is 0 Å². The second kappa shape index (κ2) is 8.13. The van der Waals surface area contributed by atoms with Gasteiger partial charge in [-0.3, -0.25) is 10.1 Å². The van der Waals surface area contributed by atoms with Gasteiger partial charge in [-0.05, 0) is 31.2 Å². The van der Waals surface area contributed by atoms with E-state index in [0.717, 1.165) is 10.6 Å². The van der Waals surface area contributed by atoms with Gasteiger partial charge in [-0.15, -0.1) is 0 Å². The van der Waals surface area contributed by atoms with Gasteiger partial charge in [0.25, 0.3) is 5.91 Å². The van der Waals surface area contributed by atoms with E-state index in [2.05, 4.69) is 10.3 Å². The van der Waals surface area contributed by atoms with E-state index in [9.17, 15) is 14.0 Å². The number of halogens is 1. The first kappa shape index (κ1) is 18.1. The predicted octanol–water partition coefficient (Wildman–Crippen LogP) is 2.81. The topological polar surface area (TPSA) is 80.8 Å². The average Bonchev–Trinajstić information content (AvgIpc) is 3.02. The van der Waals surface area contributed by atoms with Crippen LogP contribution in [-0.4, -0.2) is 41.6 Å². The molecule has 1 aliphatic heterocycles. The maximum Gasteiger partial charge on any atom is 0.410 e. The third kappa shape index (κ3) is 4.48. The molecule has 0 radical (unpaired) electrons. The molecule has 3 rings (SSSR count). The van der Waals surface area contributed by atoms with Crippen LogP contribution in [0.15, 0.2) is 24.3 Å². The van der Waals surface area contributed by atoms with Crippen LogP contribution in [0.3, 0.4) is 0 Å². The van der Waals surface area contributed by atoms with Gasteiger partial charge in [0.1, 0.15) is 11.6 Å². The van der Waals surface area contributed by atoms with Crippen LogP contribution in [0.25, 0.3) is 0 Å². The lowest BCUT2D eigenvalue weighted by molar-refractivity contribution is -0.118. The number of amides is 2. The number of ether oxygens (including phenoxy) is 2. The summed E-state index contributed by atoms with van der Waals surface area (Å²) in [7, 11) is 0. The van der Waals surface area contributed by atoms with E-state index in [0.29, 0.717) is 37.0 Å². The fourth-order valence-corrected chi connectivity index (χ4v) is 3.49. The molecule has 138 valence electrons. The van der Waals surface area contributed by atoms with Crippen molar-refractivity contribution in [1.29, 1.82) is 0 Å². The number of rotatable bonds is 5. The van der Waals surface area contributed by atoms with Crippen LogP contribution < -0.4 is 10.1 Å². The monoisotopic (exact) mass is 379 g/mol. The molecular weight excluding hydrogens is 361 g/mol. The van der Waals surface area contributed by atoms with Gasteiger partial charge in [-0.25, -0.2) is 14.2 Å². The normalized spacial score (nSPS) is 13.1. The Hall–Kier alpha value is -2.68. The zero-order valence-electron chi connectivity index (χ0n) is 14.2. The SMILES string of the molecule is CCOC(=O)N1CCc2nc(NC(=O)COc3ccc(F)cc3)sc2C1. The van der Waals surface area contributed by atoms with Crippen LogP contribution in [-0.2, 0) is 22.5 Å². The number of nitrogens with one attached hydrogen (secondary N) is 1. The predicted molar refractivity (Wildman–Crippen MR) is 93.8 cm³/mol. The summed E-state index contributed by atoms with van der Waals surface area (Å²) in [5, 5.41) is 3.15. The lowest BCUT2D eigenvalue weighted by atomic mass is 10.2. The first-order valence-electron chi connectivity index (χ1n) is 8.13. The van der Waals surface area contributed by atoms with Gasteiger partial charge in [0, 0.05) is 17.8 Å². The third-order valence-corrected chi connectivity index (χ3v) is 4.68. The Morgan fingerprint density at radius 2 is 2.12 bits per heavy atom. The van der Waals surface area contributed by atoms with Gasteiger partial charge in [0.15, 0.2) is 11.7 Å². The number of carbonyl (C=O) groups is 2. The van der Waals surface area contributed by atoms with Crippen LogP contribution in [0.4, 0.5) is 14.3 Å². The number of benzene rings is 1. The maximum absolute atomic E-state index is 12.8. The van der Waals surface area contributed by atoms with Crippen LogP contribution in [0.5, 0.6) is 5.75 Å². The minimum absolute atomic E-state index is 0.204. The van der Waals surface area contributed by atoms with Crippen LogP contribution >= 0.6 is 11.3 Å². The van der Waals surface area contributed by atoms with E-state index >= 15 is 0 Å². The maximum atomic E-state index is 12.8. The smallest absolute Gasteiger partial charge is 0.410 e. The van der Waals surface area contributed by atoms with Crippen molar-refractivity contribution in [1.82, 2.24) is 9.88 Å². The van der Waals surface area contributed by atoms with Crippen molar-refractivity contribution < 1.29 is 23.5 Å². The van der Waals surface area contributed by atoms with Gasteiger partial charge >= 0.3 is 6.09 Å². The molecule has 26 heavy (non-hydrogen) atoms. The number of anilines is 1. The molecule has 0 spiro atoms. The van der Waals surface area contributed by atoms with Gasteiger partial charge in [-0.1, -0.05) is 11.3 Å².